The molecule has 1 aromatic carbocycles. The Morgan fingerprint density at radius 1 is 1.05 bits per heavy atom. The van der Waals surface area contributed by atoms with E-state index < -0.39 is 0 Å². The van der Waals surface area contributed by atoms with Crippen LogP contribution in [0.4, 0.5) is 0 Å². The van der Waals surface area contributed by atoms with E-state index >= 15 is 0 Å². The van der Waals surface area contributed by atoms with Crippen LogP contribution in [-0.4, -0.2) is 41.6 Å². The summed E-state index contributed by atoms with van der Waals surface area (Å²) in [5.41, 5.74) is 0.494. The van der Waals surface area contributed by atoms with Crippen molar-refractivity contribution in [3.05, 3.63) is 34.6 Å². The van der Waals surface area contributed by atoms with Gasteiger partial charge in [0.2, 0.25) is 0 Å². The SMILES string of the molecule is O=c1cc[nH]c2cc(OCCO)c(OCCO)cc12. The number of H-pyrrole nitrogens is 1. The van der Waals surface area contributed by atoms with Crippen molar-refractivity contribution in [3.63, 3.8) is 0 Å². The maximum atomic E-state index is 11.7. The van der Waals surface area contributed by atoms with Crippen LogP contribution in [0, 0.1) is 0 Å². The molecule has 0 fully saturated rings. The van der Waals surface area contributed by atoms with E-state index in [0.29, 0.717) is 22.4 Å². The van der Waals surface area contributed by atoms with Crippen LogP contribution in [0.5, 0.6) is 11.5 Å². The summed E-state index contributed by atoms with van der Waals surface area (Å²) < 4.78 is 10.7. The number of aromatic nitrogens is 1. The summed E-state index contributed by atoms with van der Waals surface area (Å²) in [6, 6.07) is 4.63. The molecule has 1 aromatic heterocycles. The second-order valence-electron chi connectivity index (χ2n) is 3.83. The quantitative estimate of drug-likeness (QED) is 0.697. The van der Waals surface area contributed by atoms with Crippen LogP contribution in [0.25, 0.3) is 10.9 Å². The first kappa shape index (κ1) is 13.4. The molecular weight excluding hydrogens is 250 g/mol. The van der Waals surface area contributed by atoms with Gasteiger partial charge in [-0.1, -0.05) is 0 Å². The zero-order chi connectivity index (χ0) is 13.7. The molecule has 19 heavy (non-hydrogen) atoms. The van der Waals surface area contributed by atoms with Crippen LogP contribution in [-0.2, 0) is 0 Å². The van der Waals surface area contributed by atoms with Gasteiger partial charge in [-0.15, -0.1) is 0 Å². The average molecular weight is 265 g/mol. The fourth-order valence-corrected chi connectivity index (χ4v) is 1.72. The molecular formula is C13H15NO5. The third-order valence-corrected chi connectivity index (χ3v) is 2.52. The highest BCUT2D eigenvalue weighted by atomic mass is 16.5. The predicted molar refractivity (Wildman–Crippen MR) is 69.7 cm³/mol. The van der Waals surface area contributed by atoms with E-state index in [4.69, 9.17) is 19.7 Å². The number of ether oxygens (including phenoxy) is 2. The summed E-state index contributed by atoms with van der Waals surface area (Å²) in [5, 5.41) is 18.1. The molecule has 0 aliphatic heterocycles. The Morgan fingerprint density at radius 2 is 1.68 bits per heavy atom. The minimum atomic E-state index is -0.136. The maximum absolute atomic E-state index is 11.7. The van der Waals surface area contributed by atoms with E-state index in [2.05, 4.69) is 4.98 Å². The molecule has 2 rings (SSSR count). The number of hydrogen-bond acceptors (Lipinski definition) is 5. The number of pyridine rings is 1. The first-order chi connectivity index (χ1) is 9.26. The highest BCUT2D eigenvalue weighted by Crippen LogP contribution is 2.30. The van der Waals surface area contributed by atoms with Crippen molar-refractivity contribution in [2.24, 2.45) is 0 Å². The van der Waals surface area contributed by atoms with Gasteiger partial charge in [0.05, 0.1) is 18.7 Å². The lowest BCUT2D eigenvalue weighted by Crippen LogP contribution is -2.08. The van der Waals surface area contributed by atoms with Gasteiger partial charge in [0, 0.05) is 23.7 Å². The first-order valence-electron chi connectivity index (χ1n) is 5.89. The van der Waals surface area contributed by atoms with Crippen molar-refractivity contribution < 1.29 is 19.7 Å². The summed E-state index contributed by atoms with van der Waals surface area (Å²) in [4.78, 5) is 14.7. The Labute approximate surface area is 109 Å². The molecule has 0 unspecified atom stereocenters. The molecule has 0 amide bonds. The van der Waals surface area contributed by atoms with Gasteiger partial charge < -0.3 is 24.7 Å². The van der Waals surface area contributed by atoms with E-state index in [9.17, 15) is 4.79 Å². The molecule has 6 heteroatoms. The molecule has 2 aromatic rings. The fourth-order valence-electron chi connectivity index (χ4n) is 1.72. The zero-order valence-corrected chi connectivity index (χ0v) is 10.3. The first-order valence-corrected chi connectivity index (χ1v) is 5.89. The lowest BCUT2D eigenvalue weighted by atomic mass is 10.2. The molecule has 0 saturated heterocycles. The number of aliphatic hydroxyl groups is 2. The molecule has 0 saturated carbocycles. The molecule has 1 heterocycles. The number of aliphatic hydroxyl groups excluding tert-OH is 2. The third-order valence-electron chi connectivity index (χ3n) is 2.52. The summed E-state index contributed by atoms with van der Waals surface area (Å²) >= 11 is 0. The molecule has 0 aliphatic rings. The third kappa shape index (κ3) is 3.04. The molecule has 0 spiro atoms. The van der Waals surface area contributed by atoms with Gasteiger partial charge in [-0.05, 0) is 6.07 Å². The van der Waals surface area contributed by atoms with Crippen molar-refractivity contribution in [2.45, 2.75) is 0 Å². The van der Waals surface area contributed by atoms with Gasteiger partial charge in [0.15, 0.2) is 16.9 Å². The Kier molecular flexibility index (Phi) is 4.38. The number of hydrogen-bond donors (Lipinski definition) is 3. The standard InChI is InChI=1S/C13H15NO5/c15-3-5-18-12-7-9-10(14-2-1-11(9)17)8-13(12)19-6-4-16/h1-2,7-8,15-16H,3-6H2,(H,14,17). The minimum absolute atomic E-state index is 0.103. The van der Waals surface area contributed by atoms with Crippen molar-refractivity contribution >= 4 is 10.9 Å². The molecule has 0 atom stereocenters. The van der Waals surface area contributed by atoms with Crippen molar-refractivity contribution in [3.8, 4) is 11.5 Å². The number of rotatable bonds is 6. The van der Waals surface area contributed by atoms with Crippen molar-refractivity contribution in [2.75, 3.05) is 26.4 Å². The highest BCUT2D eigenvalue weighted by molar-refractivity contribution is 5.82. The van der Waals surface area contributed by atoms with Crippen LogP contribution in [0.15, 0.2) is 29.2 Å². The van der Waals surface area contributed by atoms with Crippen LogP contribution in [0.2, 0.25) is 0 Å². The van der Waals surface area contributed by atoms with Crippen molar-refractivity contribution in [1.29, 1.82) is 0 Å². The normalized spacial score (nSPS) is 10.6. The van der Waals surface area contributed by atoms with Gasteiger partial charge in [-0.25, -0.2) is 0 Å². The number of aromatic amines is 1. The van der Waals surface area contributed by atoms with Crippen LogP contribution < -0.4 is 14.9 Å². The lowest BCUT2D eigenvalue weighted by molar-refractivity contribution is 0.178. The molecule has 0 aliphatic carbocycles. The molecule has 6 nitrogen and oxygen atoms in total. The zero-order valence-electron chi connectivity index (χ0n) is 10.3. The van der Waals surface area contributed by atoms with E-state index in [1.54, 1.807) is 18.3 Å². The summed E-state index contributed by atoms with van der Waals surface area (Å²) in [6.07, 6.45) is 1.55. The fraction of sp³-hybridized carbons (Fsp3) is 0.308. The largest absolute Gasteiger partial charge is 0.487 e. The Hall–Kier alpha value is -2.05. The van der Waals surface area contributed by atoms with E-state index in [-0.39, 0.29) is 31.9 Å². The smallest absolute Gasteiger partial charge is 0.189 e. The molecule has 3 N–H and O–H groups in total. The Morgan fingerprint density at radius 3 is 2.32 bits per heavy atom. The van der Waals surface area contributed by atoms with Crippen molar-refractivity contribution in [1.82, 2.24) is 4.98 Å². The second kappa shape index (κ2) is 6.21. The topological polar surface area (TPSA) is 91.8 Å². The number of nitrogens with one attached hydrogen (secondary N) is 1. The highest BCUT2D eigenvalue weighted by Gasteiger charge is 2.09. The lowest BCUT2D eigenvalue weighted by Gasteiger charge is -2.12. The van der Waals surface area contributed by atoms with Gasteiger partial charge in [0.1, 0.15) is 13.2 Å². The molecule has 102 valence electrons. The van der Waals surface area contributed by atoms with Gasteiger partial charge in [-0.2, -0.15) is 0 Å². The van der Waals surface area contributed by atoms with E-state index in [0.717, 1.165) is 0 Å². The molecule has 0 radical (unpaired) electrons. The second-order valence-corrected chi connectivity index (χ2v) is 3.83. The monoisotopic (exact) mass is 265 g/mol. The summed E-state index contributed by atoms with van der Waals surface area (Å²) in [7, 11) is 0. The van der Waals surface area contributed by atoms with Gasteiger partial charge in [0.25, 0.3) is 0 Å². The van der Waals surface area contributed by atoms with E-state index in [1.165, 1.54) is 6.07 Å². The number of fused-ring (bicyclic) bond motifs is 1. The van der Waals surface area contributed by atoms with E-state index in [1.807, 2.05) is 0 Å². The van der Waals surface area contributed by atoms with Gasteiger partial charge in [-0.3, -0.25) is 4.79 Å². The minimum Gasteiger partial charge on any atom is -0.487 e. The average Bonchev–Trinajstić information content (AvgIpc) is 2.43. The Balaban J connectivity index is 2.46. The van der Waals surface area contributed by atoms with Crippen LogP contribution in [0.1, 0.15) is 0 Å². The van der Waals surface area contributed by atoms with Crippen LogP contribution >= 0.6 is 0 Å². The molecule has 0 bridgehead atoms. The van der Waals surface area contributed by atoms with Crippen LogP contribution in [0.3, 0.4) is 0 Å². The maximum Gasteiger partial charge on any atom is 0.189 e. The summed E-state index contributed by atoms with van der Waals surface area (Å²) in [6.45, 7) is -0.0325. The predicted octanol–water partition coefficient (Wildman–Crippen LogP) is 0.270. The number of benzene rings is 1. The Bertz CT molecular complexity index is 607. The van der Waals surface area contributed by atoms with Gasteiger partial charge >= 0.3 is 0 Å². The summed E-state index contributed by atoms with van der Waals surface area (Å²) in [5.74, 6) is 0.781.